The minimum absolute atomic E-state index is 0.0456. The van der Waals surface area contributed by atoms with Crippen molar-refractivity contribution >= 4 is 45.9 Å². The second-order valence-electron chi connectivity index (χ2n) is 4.12. The number of aromatic nitrogens is 1. The van der Waals surface area contributed by atoms with Crippen molar-refractivity contribution in [1.29, 1.82) is 0 Å². The number of carboxylic acid groups (broad SMARTS) is 1. The Balaban J connectivity index is 1.95. The van der Waals surface area contributed by atoms with Gasteiger partial charge in [0.1, 0.15) is 5.75 Å². The van der Waals surface area contributed by atoms with E-state index < -0.39 is 24.3 Å². The largest absolute Gasteiger partial charge is 0.573 e. The van der Waals surface area contributed by atoms with E-state index in [-0.39, 0.29) is 21.0 Å². The molecule has 25 heavy (non-hydrogen) atoms. The third-order valence-corrected chi connectivity index (χ3v) is 3.44. The van der Waals surface area contributed by atoms with Gasteiger partial charge < -0.3 is 19.9 Å². The van der Waals surface area contributed by atoms with E-state index in [1.165, 1.54) is 12.1 Å². The number of alkyl halides is 3. The van der Waals surface area contributed by atoms with Gasteiger partial charge in [-0.15, -0.1) is 13.2 Å². The number of carbonyl (C=O) groups is 2. The fourth-order valence-corrected chi connectivity index (χ4v) is 2.40. The summed E-state index contributed by atoms with van der Waals surface area (Å²) in [6, 6.07) is 3.63. The number of nitrogens with one attached hydrogen (secondary N) is 2. The lowest BCUT2D eigenvalue weighted by molar-refractivity contribution is -0.274. The minimum Gasteiger partial charge on any atom is -0.449 e. The number of nitrogens with zero attached hydrogens (tertiary/aromatic N) is 1. The topological polar surface area (TPSA) is 110 Å². The Bertz CT molecular complexity index is 781. The predicted molar refractivity (Wildman–Crippen MR) is 81.5 cm³/mol. The lowest BCUT2D eigenvalue weighted by atomic mass is 10.3. The van der Waals surface area contributed by atoms with Gasteiger partial charge in [0.15, 0.2) is 9.47 Å². The molecule has 0 fully saturated rings. The summed E-state index contributed by atoms with van der Waals surface area (Å²) < 4.78 is 44.0. The van der Waals surface area contributed by atoms with Crippen LogP contribution in [0.2, 0.25) is 4.34 Å². The maximum absolute atomic E-state index is 12.0. The van der Waals surface area contributed by atoms with E-state index in [2.05, 4.69) is 25.1 Å². The second kappa shape index (κ2) is 7.44. The lowest BCUT2D eigenvalue weighted by Crippen LogP contribution is -2.19. The van der Waals surface area contributed by atoms with Crippen molar-refractivity contribution in [2.45, 2.75) is 6.36 Å². The molecule has 8 nitrogen and oxygen atoms in total. The molecule has 1 heterocycles. The van der Waals surface area contributed by atoms with E-state index in [0.717, 1.165) is 23.5 Å². The van der Waals surface area contributed by atoms with Gasteiger partial charge in [0.05, 0.1) is 0 Å². The SMILES string of the molecule is O=C(Nc1ccc(OC(F)(F)F)cc1)Nc1nc(OC(=O)O)c(Cl)s1. The molecule has 2 aromatic rings. The predicted octanol–water partition coefficient (Wildman–Crippen LogP) is 4.40. The number of ether oxygens (including phenoxy) is 2. The fourth-order valence-electron chi connectivity index (χ4n) is 1.49. The van der Waals surface area contributed by atoms with Gasteiger partial charge in [0.2, 0.25) is 0 Å². The molecule has 0 unspecified atom stereocenters. The molecule has 1 aromatic heterocycles. The van der Waals surface area contributed by atoms with Crippen molar-refractivity contribution in [2.24, 2.45) is 0 Å². The van der Waals surface area contributed by atoms with E-state index in [1.54, 1.807) is 0 Å². The van der Waals surface area contributed by atoms with Gasteiger partial charge in [-0.3, -0.25) is 5.32 Å². The Hall–Kier alpha value is -2.73. The van der Waals surface area contributed by atoms with Gasteiger partial charge in [0, 0.05) is 5.69 Å². The molecule has 0 atom stereocenters. The molecule has 13 heteroatoms. The van der Waals surface area contributed by atoms with Crippen LogP contribution in [0.3, 0.4) is 0 Å². The standard InChI is InChI=1S/C12H7ClF3N3O5S/c13-7-8(23-11(21)22)18-10(25-7)19-9(20)17-5-1-3-6(4-2-5)24-12(14,15)16/h1-4H,(H,21,22)(H2,17,18,19,20). The highest BCUT2D eigenvalue weighted by atomic mass is 35.5. The van der Waals surface area contributed by atoms with Crippen LogP contribution in [0.5, 0.6) is 11.6 Å². The van der Waals surface area contributed by atoms with Crippen LogP contribution in [0, 0.1) is 0 Å². The van der Waals surface area contributed by atoms with Gasteiger partial charge in [-0.25, -0.2) is 9.59 Å². The molecule has 1 aromatic carbocycles. The highest BCUT2D eigenvalue weighted by Crippen LogP contribution is 2.34. The van der Waals surface area contributed by atoms with Gasteiger partial charge >= 0.3 is 18.5 Å². The number of thiazole rings is 1. The van der Waals surface area contributed by atoms with Gasteiger partial charge in [0.25, 0.3) is 5.88 Å². The number of anilines is 2. The number of urea groups is 1. The number of carbonyl (C=O) groups excluding carboxylic acids is 1. The summed E-state index contributed by atoms with van der Waals surface area (Å²) in [6.07, 6.45) is -6.43. The van der Waals surface area contributed by atoms with Crippen LogP contribution in [0.25, 0.3) is 0 Å². The Labute approximate surface area is 146 Å². The number of amides is 2. The zero-order valence-electron chi connectivity index (χ0n) is 11.8. The Morgan fingerprint density at radius 3 is 2.40 bits per heavy atom. The van der Waals surface area contributed by atoms with Crippen LogP contribution < -0.4 is 20.1 Å². The van der Waals surface area contributed by atoms with Crippen LogP contribution in [-0.2, 0) is 0 Å². The lowest BCUT2D eigenvalue weighted by Gasteiger charge is -2.10. The molecule has 0 bridgehead atoms. The number of benzene rings is 1. The fraction of sp³-hybridized carbons (Fsp3) is 0.0833. The normalized spacial score (nSPS) is 10.9. The molecule has 0 aliphatic rings. The Morgan fingerprint density at radius 2 is 1.84 bits per heavy atom. The summed E-state index contributed by atoms with van der Waals surface area (Å²) >= 11 is 6.45. The van der Waals surface area contributed by atoms with Gasteiger partial charge in [-0.1, -0.05) is 22.9 Å². The second-order valence-corrected chi connectivity index (χ2v) is 5.72. The molecule has 3 N–H and O–H groups in total. The maximum Gasteiger partial charge on any atom is 0.573 e. The monoisotopic (exact) mass is 397 g/mol. The van der Waals surface area contributed by atoms with Crippen molar-refractivity contribution in [2.75, 3.05) is 10.6 Å². The first-order valence-corrected chi connectivity index (χ1v) is 7.33. The number of hydrogen-bond donors (Lipinski definition) is 3. The molecule has 0 aliphatic heterocycles. The molecule has 2 rings (SSSR count). The van der Waals surface area contributed by atoms with Crippen molar-refractivity contribution in [1.82, 2.24) is 4.98 Å². The van der Waals surface area contributed by atoms with Crippen LogP contribution in [-0.4, -0.2) is 28.6 Å². The van der Waals surface area contributed by atoms with Crippen molar-refractivity contribution < 1.29 is 37.3 Å². The Kier molecular flexibility index (Phi) is 5.54. The first-order chi connectivity index (χ1) is 11.6. The molecule has 0 saturated carbocycles. The summed E-state index contributed by atoms with van der Waals surface area (Å²) in [5.74, 6) is -0.830. The van der Waals surface area contributed by atoms with Crippen LogP contribution in [0.15, 0.2) is 24.3 Å². The molecule has 0 radical (unpaired) electrons. The zero-order valence-corrected chi connectivity index (χ0v) is 13.3. The number of rotatable bonds is 4. The summed E-state index contributed by atoms with van der Waals surface area (Å²) in [5.41, 5.74) is 0.177. The summed E-state index contributed by atoms with van der Waals surface area (Å²) in [5, 5.41) is 13.0. The first kappa shape index (κ1) is 18.6. The summed E-state index contributed by atoms with van der Waals surface area (Å²) in [7, 11) is 0. The summed E-state index contributed by atoms with van der Waals surface area (Å²) in [4.78, 5) is 25.8. The van der Waals surface area contributed by atoms with Crippen molar-refractivity contribution in [3.05, 3.63) is 28.6 Å². The molecule has 134 valence electrons. The first-order valence-electron chi connectivity index (χ1n) is 6.13. The molecule has 0 saturated heterocycles. The van der Waals surface area contributed by atoms with Crippen LogP contribution >= 0.6 is 22.9 Å². The molecule has 2 amide bonds. The Morgan fingerprint density at radius 1 is 1.20 bits per heavy atom. The molecule has 0 spiro atoms. The highest BCUT2D eigenvalue weighted by molar-refractivity contribution is 7.20. The molecule has 0 aliphatic carbocycles. The van der Waals surface area contributed by atoms with E-state index in [1.807, 2.05) is 0 Å². The van der Waals surface area contributed by atoms with E-state index in [9.17, 15) is 22.8 Å². The third kappa shape index (κ3) is 6.00. The highest BCUT2D eigenvalue weighted by Gasteiger charge is 2.30. The average Bonchev–Trinajstić information content (AvgIpc) is 2.78. The van der Waals surface area contributed by atoms with Gasteiger partial charge in [-0.05, 0) is 24.3 Å². The van der Waals surface area contributed by atoms with Crippen molar-refractivity contribution in [3.63, 3.8) is 0 Å². The van der Waals surface area contributed by atoms with Crippen molar-refractivity contribution in [3.8, 4) is 11.6 Å². The summed E-state index contributed by atoms with van der Waals surface area (Å²) in [6.45, 7) is 0. The average molecular weight is 398 g/mol. The number of hydrogen-bond acceptors (Lipinski definition) is 6. The smallest absolute Gasteiger partial charge is 0.449 e. The third-order valence-electron chi connectivity index (χ3n) is 2.31. The van der Waals surface area contributed by atoms with Gasteiger partial charge in [-0.2, -0.15) is 4.98 Å². The molecular formula is C12H7ClF3N3O5S. The quantitative estimate of drug-likeness (QED) is 0.660. The molecular weight excluding hydrogens is 391 g/mol. The number of halogens is 4. The minimum atomic E-state index is -4.81. The van der Waals surface area contributed by atoms with E-state index in [0.29, 0.717) is 0 Å². The van der Waals surface area contributed by atoms with E-state index >= 15 is 0 Å². The van der Waals surface area contributed by atoms with Crippen LogP contribution in [0.1, 0.15) is 0 Å². The van der Waals surface area contributed by atoms with Crippen LogP contribution in [0.4, 0.5) is 33.6 Å². The maximum atomic E-state index is 12.0. The van der Waals surface area contributed by atoms with E-state index in [4.69, 9.17) is 16.7 Å². The zero-order chi connectivity index (χ0) is 18.6.